The van der Waals surface area contributed by atoms with Crippen molar-refractivity contribution in [3.05, 3.63) is 102 Å². The molecule has 4 aliphatic carbocycles. The van der Waals surface area contributed by atoms with Gasteiger partial charge in [-0.3, -0.25) is 91.1 Å². The van der Waals surface area contributed by atoms with Crippen LogP contribution in [0, 0.1) is 94.7 Å². The fourth-order valence-corrected chi connectivity index (χ4v) is 15.3. The molecule has 35 heteroatoms. The summed E-state index contributed by atoms with van der Waals surface area (Å²) in [5, 5.41) is -0.0726. The van der Waals surface area contributed by atoms with Gasteiger partial charge in [-0.2, -0.15) is 0 Å². The number of esters is 19. The Bertz CT molecular complexity index is 4330. The molecule has 13 fully saturated rings. The summed E-state index contributed by atoms with van der Waals surface area (Å²) >= 11 is 0. The molecule has 4 aromatic rings. The molecule has 0 spiro atoms. The third-order valence-electron chi connectivity index (χ3n) is 19.8. The Hall–Kier alpha value is -11.8. The minimum atomic E-state index is -0.846. The second-order valence-electron chi connectivity index (χ2n) is 24.9. The zero-order valence-electron chi connectivity index (χ0n) is 49.5. The fourth-order valence-electron chi connectivity index (χ4n) is 15.3. The van der Waals surface area contributed by atoms with Crippen LogP contribution < -0.4 is 22.5 Å². The van der Waals surface area contributed by atoms with E-state index in [1.807, 2.05) is 12.1 Å². The molecule has 2 bridgehead atoms. The first kappa shape index (κ1) is 64.9. The van der Waals surface area contributed by atoms with E-state index in [2.05, 4.69) is 53.3 Å². The van der Waals surface area contributed by atoms with Crippen molar-refractivity contribution < 1.29 is 147 Å². The van der Waals surface area contributed by atoms with Crippen molar-refractivity contribution in [3.63, 3.8) is 0 Å². The largest absolute Gasteiger partial charge is 0.431 e. The van der Waals surface area contributed by atoms with Crippen molar-refractivity contribution in [2.75, 3.05) is 0 Å². The van der Waals surface area contributed by atoms with E-state index in [-0.39, 0.29) is 71.4 Å². The highest BCUT2D eigenvalue weighted by atomic mass is 16.6. The Morgan fingerprint density at radius 1 is 0.265 bits per heavy atom. The number of hydrogen-bond acceptors (Lipinski definition) is 35. The maximum Gasteiger partial charge on any atom is 0.346 e. The van der Waals surface area contributed by atoms with Crippen LogP contribution in [0.4, 0.5) is 0 Å². The zero-order chi connectivity index (χ0) is 70.1. The van der Waals surface area contributed by atoms with Crippen LogP contribution in [-0.4, -0.2) is 113 Å². The maximum atomic E-state index is 11.9. The Morgan fingerprint density at radius 3 is 0.949 bits per heavy atom. The quantitative estimate of drug-likeness (QED) is 0.121. The summed E-state index contributed by atoms with van der Waals surface area (Å²) in [4.78, 5) is 260. The number of carbonyl (C=O) groups excluding carboxylic acids is 19. The first-order valence-electron chi connectivity index (χ1n) is 29.9. The second-order valence-corrected chi connectivity index (χ2v) is 24.9. The van der Waals surface area contributed by atoms with E-state index in [9.17, 15) is 110 Å². The maximum absolute atomic E-state index is 11.9. The lowest BCUT2D eigenvalue weighted by Crippen LogP contribution is -2.50. The molecule has 0 radical (unpaired) electrons. The Balaban J connectivity index is 0.000000107. The highest BCUT2D eigenvalue weighted by Crippen LogP contribution is 2.56. The number of hydrogen-bond donors (Lipinski definition) is 0. The first-order chi connectivity index (χ1) is 46.5. The Kier molecular flexibility index (Phi) is 16.0. The van der Waals surface area contributed by atoms with E-state index in [1.165, 1.54) is 0 Å². The van der Waals surface area contributed by atoms with E-state index < -0.39 is 225 Å². The third kappa shape index (κ3) is 10.9. The average molecular weight is 1360 g/mol. The van der Waals surface area contributed by atoms with Gasteiger partial charge in [-0.1, -0.05) is 30.8 Å². The lowest BCUT2D eigenvalue weighted by molar-refractivity contribution is -0.171. The van der Waals surface area contributed by atoms with Crippen LogP contribution in [-0.2, 0) is 138 Å². The Morgan fingerprint density at radius 2 is 0.561 bits per heavy atom. The minimum absolute atomic E-state index is 0.0121. The number of allylic oxidation sites excluding steroid dienone is 1. The standard InChI is InChI=1S/C16H12O6.C11H10O5.C10H8O6.C10H2O6.C8H4O6.C8H6O6/c17-12-6-10(14(18)21-12)9-5-11-13(16(20)22-15(11)19)8-4-2-1-3-7(8)9;1-4-2-5-6-3-7(8(5)11(14)15-4)10(13)16-9(6)12;2*11-7-3-1-4-6(10(14)16-8(4)12)2-5(3)9(13)15-7;9-5-1-2(6(10)13-5)4-3(1)7(11)14-8(4)12;9-5-1-3(7(11)13-5)4-2-6(10)14-8(4)12/h1-4,9-11,13H,5-6H2;5-8H,1-3H2;3-6H,1-2H2;1-2H;1-4H;3-4H,1-2H2. The van der Waals surface area contributed by atoms with Crippen LogP contribution in [0.5, 0.6) is 0 Å². The average Bonchev–Trinajstić information content (AvgIpc) is 1.55. The predicted molar refractivity (Wildman–Crippen MR) is 293 cm³/mol. The van der Waals surface area contributed by atoms with Crippen molar-refractivity contribution in [1.82, 2.24) is 0 Å². The number of furan rings is 2. The highest BCUT2D eigenvalue weighted by molar-refractivity contribution is 6.11. The van der Waals surface area contributed by atoms with Gasteiger partial charge >= 0.3 is 136 Å². The summed E-state index contributed by atoms with van der Waals surface area (Å²) in [6.07, 6.45) is 1.28. The van der Waals surface area contributed by atoms with E-state index in [1.54, 1.807) is 12.1 Å². The fraction of sp³-hybridized carbons (Fsp3) is 0.413. The number of carbonyl (C=O) groups is 19. The molecule has 18 rings (SSSR count). The molecule has 10 saturated heterocycles. The molecule has 14 unspecified atom stereocenters. The van der Waals surface area contributed by atoms with Crippen molar-refractivity contribution in [2.45, 2.75) is 63.2 Å². The van der Waals surface area contributed by atoms with E-state index in [0.29, 0.717) is 30.6 Å². The molecule has 0 N–H and O–H groups in total. The van der Waals surface area contributed by atoms with Gasteiger partial charge in [-0.15, -0.1) is 0 Å². The number of fused-ring (bicyclic) bond motifs is 16. The normalized spacial score (nSPS) is 33.8. The zero-order valence-corrected chi connectivity index (χ0v) is 49.5. The molecular formula is C63H42O35. The van der Waals surface area contributed by atoms with Gasteiger partial charge in [-0.05, 0) is 60.8 Å². The van der Waals surface area contributed by atoms with Crippen LogP contribution in [0.1, 0.15) is 74.3 Å². The van der Waals surface area contributed by atoms with Crippen LogP contribution in [0.25, 0.3) is 21.5 Å². The Labute approximate surface area is 540 Å². The second kappa shape index (κ2) is 24.1. The summed E-state index contributed by atoms with van der Waals surface area (Å²) in [5.74, 6) is -22.1. The van der Waals surface area contributed by atoms with Crippen molar-refractivity contribution >= 4 is 135 Å². The van der Waals surface area contributed by atoms with Crippen molar-refractivity contribution in [3.8, 4) is 0 Å². The topological polar surface area (TPSA) is 511 Å². The highest BCUT2D eigenvalue weighted by Gasteiger charge is 2.73. The van der Waals surface area contributed by atoms with Gasteiger partial charge in [0.1, 0.15) is 5.76 Å². The van der Waals surface area contributed by atoms with E-state index in [0.717, 1.165) is 17.7 Å². The number of benzene rings is 2. The van der Waals surface area contributed by atoms with Gasteiger partial charge in [-0.25, -0.2) is 19.2 Å². The summed E-state index contributed by atoms with van der Waals surface area (Å²) in [7, 11) is 0. The lowest BCUT2D eigenvalue weighted by Gasteiger charge is -2.33. The van der Waals surface area contributed by atoms with Gasteiger partial charge in [0, 0.05) is 6.42 Å². The number of rotatable bonds is 2. The third-order valence-corrected chi connectivity index (χ3v) is 19.8. The van der Waals surface area contributed by atoms with Crippen LogP contribution in [0.2, 0.25) is 0 Å². The van der Waals surface area contributed by atoms with E-state index in [4.69, 9.17) is 9.47 Å². The summed E-state index contributed by atoms with van der Waals surface area (Å²) in [5.41, 5.74) is -1.76. The number of ether oxygens (including phenoxy) is 10. The van der Waals surface area contributed by atoms with E-state index >= 15 is 0 Å². The predicted octanol–water partition coefficient (Wildman–Crippen LogP) is -1.85. The molecular weight excluding hydrogens is 1320 g/mol. The summed E-state index contributed by atoms with van der Waals surface area (Å²) in [6, 6.07) is 9.50. The molecule has 2 aromatic heterocycles. The molecule has 504 valence electrons. The summed E-state index contributed by atoms with van der Waals surface area (Å²) in [6.45, 7) is 3.60. The first-order valence-corrected chi connectivity index (χ1v) is 29.9. The number of cyclic esters (lactones) is 19. The van der Waals surface area contributed by atoms with Crippen LogP contribution in [0.3, 0.4) is 0 Å². The molecule has 3 saturated carbocycles. The van der Waals surface area contributed by atoms with Crippen molar-refractivity contribution in [1.29, 1.82) is 0 Å². The van der Waals surface area contributed by atoms with Gasteiger partial charge in [0.05, 0.1) is 135 Å². The molecule has 2 aromatic carbocycles. The molecule has 35 nitrogen and oxygen atoms in total. The molecule has 14 atom stereocenters. The molecule has 98 heavy (non-hydrogen) atoms. The van der Waals surface area contributed by atoms with Crippen LogP contribution >= 0.6 is 0 Å². The van der Waals surface area contributed by atoms with Gasteiger partial charge in [0.25, 0.3) is 0 Å². The van der Waals surface area contributed by atoms with Crippen LogP contribution in [0.15, 0.2) is 76.7 Å². The monoisotopic (exact) mass is 1360 g/mol. The smallest absolute Gasteiger partial charge is 0.346 e. The molecule has 14 aliphatic rings. The molecule has 0 amide bonds. The van der Waals surface area contributed by atoms with Crippen molar-refractivity contribution in [2.24, 2.45) is 94.7 Å². The van der Waals surface area contributed by atoms with Gasteiger partial charge in [0.15, 0.2) is 0 Å². The van der Waals surface area contributed by atoms with Gasteiger partial charge < -0.3 is 56.2 Å². The van der Waals surface area contributed by atoms with Gasteiger partial charge in [0.2, 0.25) is 0 Å². The lowest BCUT2D eigenvalue weighted by atomic mass is 9.59. The summed E-state index contributed by atoms with van der Waals surface area (Å²) < 4.78 is 53.9. The minimum Gasteiger partial charge on any atom is -0.431 e. The SMILES string of the molecule is C=C1CC2C3CC(C(=O)OC3=O)C2C(=O)O1.O=C1CC(C2CC(=O)OC2=O)C(=O)O1.O=C1CC(C2CC3C(=O)OC(=O)C3c3ccccc32)C(=O)O1.O=C1OC(=O)C2C1C1C(=O)OC(=O)C21.O=C1OC(=O)C2CC3C(=O)OC(=O)C3CC12.O=c1oc(=O)c2cc3c(=O)oc(=O)c3cc12. The molecule has 10 aliphatic heterocycles. The molecule has 12 heterocycles.